The van der Waals surface area contributed by atoms with Crippen LogP contribution in [0.1, 0.15) is 29.9 Å². The van der Waals surface area contributed by atoms with Crippen molar-refractivity contribution in [1.82, 2.24) is 15.2 Å². The average Bonchev–Trinajstić information content (AvgIpc) is 3.36. The highest BCUT2D eigenvalue weighted by Gasteiger charge is 2.47. The van der Waals surface area contributed by atoms with Crippen LogP contribution >= 0.6 is 0 Å². The van der Waals surface area contributed by atoms with Gasteiger partial charge in [-0.1, -0.05) is 60.7 Å². The molecule has 2 N–H and O–H groups in total. The van der Waals surface area contributed by atoms with Crippen molar-refractivity contribution >= 4 is 28.6 Å². The molecule has 3 atom stereocenters. The van der Waals surface area contributed by atoms with Gasteiger partial charge in [0.2, 0.25) is 17.7 Å². The number of para-hydroxylation sites is 1. The molecule has 0 radical (unpaired) electrons. The van der Waals surface area contributed by atoms with E-state index in [9.17, 15) is 14.4 Å². The fraction of sp³-hybridized carbons (Fsp3) is 0.269. The van der Waals surface area contributed by atoms with Gasteiger partial charge in [-0.15, -0.1) is 0 Å². The predicted molar refractivity (Wildman–Crippen MR) is 122 cm³/mol. The van der Waals surface area contributed by atoms with E-state index in [4.69, 9.17) is 0 Å². The molecule has 3 aromatic rings. The van der Waals surface area contributed by atoms with Crippen LogP contribution < -0.4 is 5.32 Å². The first-order valence-electron chi connectivity index (χ1n) is 11.0. The highest BCUT2D eigenvalue weighted by molar-refractivity contribution is 6.07. The lowest BCUT2D eigenvalue weighted by Crippen LogP contribution is -2.42. The summed E-state index contributed by atoms with van der Waals surface area (Å²) in [6.07, 6.45) is 7.02. The Labute approximate surface area is 186 Å². The molecule has 1 aliphatic heterocycles. The first kappa shape index (κ1) is 20.2. The lowest BCUT2D eigenvalue weighted by Gasteiger charge is -2.20. The van der Waals surface area contributed by atoms with Gasteiger partial charge in [0.25, 0.3) is 0 Å². The molecule has 0 unspecified atom stereocenters. The van der Waals surface area contributed by atoms with E-state index in [-0.39, 0.29) is 42.0 Å². The van der Waals surface area contributed by atoms with Crippen LogP contribution in [-0.4, -0.2) is 40.7 Å². The molecule has 2 heterocycles. The SMILES string of the molecule is O=C(CN1C(=O)[C@@H]2CC=CC[C@H]2C1=O)NC[C@H](c1ccccc1)c1c[nH]c2ccccc12. The van der Waals surface area contributed by atoms with Crippen LogP contribution in [0.4, 0.5) is 0 Å². The molecule has 162 valence electrons. The molecule has 32 heavy (non-hydrogen) atoms. The monoisotopic (exact) mass is 427 g/mol. The van der Waals surface area contributed by atoms with Crippen LogP contribution in [0.5, 0.6) is 0 Å². The zero-order chi connectivity index (χ0) is 22.1. The number of allylic oxidation sites excluding steroid dienone is 2. The van der Waals surface area contributed by atoms with Gasteiger partial charge in [-0.3, -0.25) is 19.3 Å². The van der Waals surface area contributed by atoms with Crippen molar-refractivity contribution in [3.63, 3.8) is 0 Å². The van der Waals surface area contributed by atoms with Crippen LogP contribution in [0, 0.1) is 11.8 Å². The molecule has 6 heteroatoms. The number of H-pyrrole nitrogens is 1. The maximum atomic E-state index is 12.8. The van der Waals surface area contributed by atoms with Crippen molar-refractivity contribution in [1.29, 1.82) is 0 Å². The number of likely N-dealkylation sites (tertiary alicyclic amines) is 1. The van der Waals surface area contributed by atoms with Gasteiger partial charge in [0, 0.05) is 29.6 Å². The second-order valence-electron chi connectivity index (χ2n) is 8.48. The van der Waals surface area contributed by atoms with Gasteiger partial charge >= 0.3 is 0 Å². The lowest BCUT2D eigenvalue weighted by atomic mass is 9.85. The number of rotatable bonds is 6. The number of benzene rings is 2. The van der Waals surface area contributed by atoms with Gasteiger partial charge in [-0.2, -0.15) is 0 Å². The van der Waals surface area contributed by atoms with E-state index in [0.29, 0.717) is 19.4 Å². The number of hydrogen-bond acceptors (Lipinski definition) is 3. The summed E-state index contributed by atoms with van der Waals surface area (Å²) in [6, 6.07) is 18.1. The molecule has 1 aliphatic carbocycles. The van der Waals surface area contributed by atoms with Gasteiger partial charge in [0.15, 0.2) is 0 Å². The number of aromatic nitrogens is 1. The number of aromatic amines is 1. The molecule has 2 aliphatic rings. The Hall–Kier alpha value is -3.67. The van der Waals surface area contributed by atoms with Crippen LogP contribution in [0.2, 0.25) is 0 Å². The van der Waals surface area contributed by atoms with E-state index in [1.165, 1.54) is 0 Å². The Morgan fingerprint density at radius 1 is 0.969 bits per heavy atom. The highest BCUT2D eigenvalue weighted by atomic mass is 16.2. The van der Waals surface area contributed by atoms with Gasteiger partial charge in [-0.25, -0.2) is 0 Å². The molecule has 1 fully saturated rings. The third kappa shape index (κ3) is 3.62. The second kappa shape index (κ2) is 8.46. The van der Waals surface area contributed by atoms with Gasteiger partial charge in [0.05, 0.1) is 11.8 Å². The van der Waals surface area contributed by atoms with Crippen LogP contribution in [0.15, 0.2) is 72.9 Å². The normalized spacial score (nSPS) is 21.1. The number of imide groups is 1. The van der Waals surface area contributed by atoms with Gasteiger partial charge in [0.1, 0.15) is 6.54 Å². The topological polar surface area (TPSA) is 82.3 Å². The number of nitrogens with one attached hydrogen (secondary N) is 2. The van der Waals surface area contributed by atoms with Crippen LogP contribution in [0.25, 0.3) is 10.9 Å². The van der Waals surface area contributed by atoms with E-state index >= 15 is 0 Å². The smallest absolute Gasteiger partial charge is 0.240 e. The van der Waals surface area contributed by atoms with E-state index in [1.54, 1.807) is 0 Å². The molecule has 0 bridgehead atoms. The van der Waals surface area contributed by atoms with Crippen LogP contribution in [0.3, 0.4) is 0 Å². The zero-order valence-corrected chi connectivity index (χ0v) is 17.7. The molecule has 1 aromatic heterocycles. The largest absolute Gasteiger partial charge is 0.361 e. The molecule has 0 saturated carbocycles. The Morgan fingerprint density at radius 3 is 2.34 bits per heavy atom. The Balaban J connectivity index is 1.32. The van der Waals surface area contributed by atoms with Crippen LogP contribution in [-0.2, 0) is 14.4 Å². The average molecular weight is 428 g/mol. The van der Waals surface area contributed by atoms with Gasteiger partial charge < -0.3 is 10.3 Å². The van der Waals surface area contributed by atoms with Crippen molar-refractivity contribution in [3.05, 3.63) is 84.1 Å². The summed E-state index contributed by atoms with van der Waals surface area (Å²) in [5.74, 6) is -1.47. The Morgan fingerprint density at radius 2 is 1.62 bits per heavy atom. The number of carbonyl (C=O) groups excluding carboxylic acids is 3. The first-order chi connectivity index (χ1) is 15.6. The number of amides is 3. The zero-order valence-electron chi connectivity index (χ0n) is 17.7. The standard InChI is InChI=1S/C26H25N3O3/c30-24(16-29-25(31)19-11-4-5-12-20(19)26(29)32)28-14-21(17-8-2-1-3-9-17)22-15-27-23-13-7-6-10-18(22)23/h1-10,13,15,19-21,27H,11-12,14,16H2,(H,28,30)/t19-,20-,21-/m1/s1. The Kier molecular flexibility index (Phi) is 5.35. The minimum Gasteiger partial charge on any atom is -0.361 e. The minimum absolute atomic E-state index is 0.0620. The maximum absolute atomic E-state index is 12.8. The molecular weight excluding hydrogens is 402 g/mol. The van der Waals surface area contributed by atoms with Crippen molar-refractivity contribution in [2.45, 2.75) is 18.8 Å². The molecule has 6 nitrogen and oxygen atoms in total. The summed E-state index contributed by atoms with van der Waals surface area (Å²) < 4.78 is 0. The fourth-order valence-electron chi connectivity index (χ4n) is 4.92. The maximum Gasteiger partial charge on any atom is 0.240 e. The molecule has 1 saturated heterocycles. The van der Waals surface area contributed by atoms with Crippen molar-refractivity contribution in [2.24, 2.45) is 11.8 Å². The second-order valence-corrected chi connectivity index (χ2v) is 8.48. The number of hydrogen-bond donors (Lipinski definition) is 2. The van der Waals surface area contributed by atoms with Crippen molar-refractivity contribution < 1.29 is 14.4 Å². The summed E-state index contributed by atoms with van der Waals surface area (Å²) in [4.78, 5) is 42.6. The van der Waals surface area contributed by atoms with E-state index in [2.05, 4.69) is 16.4 Å². The van der Waals surface area contributed by atoms with E-state index < -0.39 is 0 Å². The first-order valence-corrected chi connectivity index (χ1v) is 11.0. The quantitative estimate of drug-likeness (QED) is 0.467. The third-order valence-corrected chi connectivity index (χ3v) is 6.60. The summed E-state index contributed by atoms with van der Waals surface area (Å²) in [6.45, 7) is 0.148. The predicted octanol–water partition coefficient (Wildman–Crippen LogP) is 3.37. The third-order valence-electron chi connectivity index (χ3n) is 6.60. The van der Waals surface area contributed by atoms with E-state index in [1.807, 2.05) is 66.9 Å². The molecule has 0 spiro atoms. The summed E-state index contributed by atoms with van der Waals surface area (Å²) in [5, 5.41) is 4.08. The molecule has 5 rings (SSSR count). The number of carbonyl (C=O) groups is 3. The molecular formula is C26H25N3O3. The van der Waals surface area contributed by atoms with Gasteiger partial charge in [-0.05, 0) is 30.0 Å². The minimum atomic E-state index is -0.320. The summed E-state index contributed by atoms with van der Waals surface area (Å²) >= 11 is 0. The Bertz CT molecular complexity index is 1170. The molecule has 3 amide bonds. The number of fused-ring (bicyclic) bond motifs is 2. The van der Waals surface area contributed by atoms with Crippen molar-refractivity contribution in [3.8, 4) is 0 Å². The van der Waals surface area contributed by atoms with Crippen molar-refractivity contribution in [2.75, 3.05) is 13.1 Å². The summed E-state index contributed by atoms with van der Waals surface area (Å²) in [7, 11) is 0. The summed E-state index contributed by atoms with van der Waals surface area (Å²) in [5.41, 5.74) is 3.22. The fourth-order valence-corrected chi connectivity index (χ4v) is 4.92. The van der Waals surface area contributed by atoms with E-state index in [0.717, 1.165) is 26.9 Å². The number of nitrogens with zero attached hydrogens (tertiary/aromatic N) is 1. The lowest BCUT2D eigenvalue weighted by molar-refractivity contribution is -0.143. The highest BCUT2D eigenvalue weighted by Crippen LogP contribution is 2.35. The molecule has 2 aromatic carbocycles.